The SMILES string of the molecule is COC(=O)CN(CC(=O)OC)c1ccc(N)cc1OCCOc1cc(N)ccc1N(CC(=O)OC)CC(=O)OC. The molecule has 0 unspecified atom stereocenters. The largest absolute Gasteiger partial charge is 0.488 e. The first kappa shape index (κ1) is 31.3. The molecule has 14 nitrogen and oxygen atoms in total. The third kappa shape index (κ3) is 9.45. The van der Waals surface area contributed by atoms with E-state index in [0.29, 0.717) is 22.7 Å². The summed E-state index contributed by atoms with van der Waals surface area (Å²) in [5, 5.41) is 0. The lowest BCUT2D eigenvalue weighted by atomic mass is 10.2. The van der Waals surface area contributed by atoms with E-state index in [1.165, 1.54) is 50.4 Å². The molecule has 0 aliphatic carbocycles. The number of nitrogens with two attached hydrogens (primary N) is 2. The molecular weight excluding hydrogens is 528 g/mol. The first-order valence-corrected chi connectivity index (χ1v) is 11.9. The Labute approximate surface area is 231 Å². The lowest BCUT2D eigenvalue weighted by Gasteiger charge is -2.26. The number of benzene rings is 2. The van der Waals surface area contributed by atoms with Crippen molar-refractivity contribution < 1.29 is 47.6 Å². The molecule has 0 bridgehead atoms. The zero-order valence-electron chi connectivity index (χ0n) is 22.8. The fourth-order valence-corrected chi connectivity index (χ4v) is 3.45. The molecule has 0 spiro atoms. The molecule has 218 valence electrons. The van der Waals surface area contributed by atoms with E-state index in [2.05, 4.69) is 0 Å². The van der Waals surface area contributed by atoms with Crippen LogP contribution in [-0.4, -0.2) is 91.7 Å². The van der Waals surface area contributed by atoms with Crippen molar-refractivity contribution in [3.63, 3.8) is 0 Å². The summed E-state index contributed by atoms with van der Waals surface area (Å²) in [5.74, 6) is -1.75. The second-order valence-electron chi connectivity index (χ2n) is 8.17. The molecule has 0 aliphatic heterocycles. The Morgan fingerprint density at radius 2 is 0.875 bits per heavy atom. The predicted molar refractivity (Wildman–Crippen MR) is 145 cm³/mol. The molecule has 40 heavy (non-hydrogen) atoms. The lowest BCUT2D eigenvalue weighted by molar-refractivity contribution is -0.141. The van der Waals surface area contributed by atoms with Gasteiger partial charge in [-0.2, -0.15) is 0 Å². The van der Waals surface area contributed by atoms with E-state index < -0.39 is 23.9 Å². The summed E-state index contributed by atoms with van der Waals surface area (Å²) in [6.45, 7) is -0.973. The van der Waals surface area contributed by atoms with Gasteiger partial charge in [0.2, 0.25) is 0 Å². The van der Waals surface area contributed by atoms with Crippen molar-refractivity contribution in [1.29, 1.82) is 0 Å². The van der Waals surface area contributed by atoms with Crippen LogP contribution in [-0.2, 0) is 38.1 Å². The van der Waals surface area contributed by atoms with Gasteiger partial charge in [0, 0.05) is 23.5 Å². The summed E-state index contributed by atoms with van der Waals surface area (Å²) in [7, 11) is 4.94. The normalized spacial score (nSPS) is 10.2. The minimum atomic E-state index is -0.576. The minimum absolute atomic E-state index is 0.00296. The molecule has 0 aliphatic rings. The highest BCUT2D eigenvalue weighted by atomic mass is 16.5. The fraction of sp³-hybridized carbons (Fsp3) is 0.385. The first-order valence-electron chi connectivity index (χ1n) is 11.9. The average molecular weight is 563 g/mol. The summed E-state index contributed by atoms with van der Waals surface area (Å²) in [4.78, 5) is 50.8. The van der Waals surface area contributed by atoms with Crippen LogP contribution in [0.2, 0.25) is 0 Å². The third-order valence-corrected chi connectivity index (χ3v) is 5.44. The van der Waals surface area contributed by atoms with E-state index in [-0.39, 0.29) is 50.9 Å². The van der Waals surface area contributed by atoms with Gasteiger partial charge in [0.1, 0.15) is 50.9 Å². The van der Waals surface area contributed by atoms with Crippen molar-refractivity contribution in [2.24, 2.45) is 0 Å². The Balaban J connectivity index is 2.23. The molecule has 2 rings (SSSR count). The second-order valence-corrected chi connectivity index (χ2v) is 8.17. The smallest absolute Gasteiger partial charge is 0.325 e. The molecule has 4 N–H and O–H groups in total. The number of carbonyl (C=O) groups is 4. The number of carbonyl (C=O) groups excluding carboxylic acids is 4. The number of ether oxygens (including phenoxy) is 6. The molecule has 14 heteroatoms. The maximum atomic E-state index is 12.0. The molecule has 2 aromatic carbocycles. The summed E-state index contributed by atoms with van der Waals surface area (Å²) in [6.07, 6.45) is 0. The van der Waals surface area contributed by atoms with Crippen LogP contribution >= 0.6 is 0 Å². The van der Waals surface area contributed by atoms with Gasteiger partial charge in [-0.25, -0.2) is 0 Å². The van der Waals surface area contributed by atoms with Crippen LogP contribution in [0.3, 0.4) is 0 Å². The monoisotopic (exact) mass is 562 g/mol. The molecule has 0 aromatic heterocycles. The summed E-state index contributed by atoms with van der Waals surface area (Å²) < 4.78 is 30.8. The van der Waals surface area contributed by atoms with Crippen LogP contribution in [0.5, 0.6) is 11.5 Å². The quantitative estimate of drug-likeness (QED) is 0.133. The van der Waals surface area contributed by atoms with Crippen molar-refractivity contribution in [1.82, 2.24) is 0 Å². The van der Waals surface area contributed by atoms with Gasteiger partial charge in [-0.05, 0) is 24.3 Å². The van der Waals surface area contributed by atoms with Crippen LogP contribution < -0.4 is 30.7 Å². The van der Waals surface area contributed by atoms with Crippen molar-refractivity contribution in [3.05, 3.63) is 36.4 Å². The van der Waals surface area contributed by atoms with Crippen molar-refractivity contribution in [3.8, 4) is 11.5 Å². The van der Waals surface area contributed by atoms with Gasteiger partial charge in [-0.3, -0.25) is 19.2 Å². The van der Waals surface area contributed by atoms with Crippen molar-refractivity contribution in [2.75, 3.05) is 89.1 Å². The summed E-state index contributed by atoms with van der Waals surface area (Å²) in [5.41, 5.74) is 13.5. The van der Waals surface area contributed by atoms with Crippen LogP contribution in [0, 0.1) is 0 Å². The van der Waals surface area contributed by atoms with E-state index in [1.54, 1.807) is 24.3 Å². The second kappa shape index (κ2) is 15.5. The number of hydrogen-bond acceptors (Lipinski definition) is 14. The highest BCUT2D eigenvalue weighted by Crippen LogP contribution is 2.32. The third-order valence-electron chi connectivity index (χ3n) is 5.44. The summed E-state index contributed by atoms with van der Waals surface area (Å²) in [6, 6.07) is 9.47. The highest BCUT2D eigenvalue weighted by Gasteiger charge is 2.22. The number of hydrogen-bond donors (Lipinski definition) is 2. The van der Waals surface area contributed by atoms with Gasteiger partial charge in [0.15, 0.2) is 0 Å². The number of nitrogens with zero attached hydrogens (tertiary/aromatic N) is 2. The van der Waals surface area contributed by atoms with E-state index in [9.17, 15) is 19.2 Å². The van der Waals surface area contributed by atoms with Crippen LogP contribution in [0.1, 0.15) is 0 Å². The maximum Gasteiger partial charge on any atom is 0.325 e. The van der Waals surface area contributed by atoms with E-state index >= 15 is 0 Å². The summed E-state index contributed by atoms with van der Waals surface area (Å²) >= 11 is 0. The van der Waals surface area contributed by atoms with Crippen LogP contribution in [0.25, 0.3) is 0 Å². The molecule has 0 atom stereocenters. The maximum absolute atomic E-state index is 12.0. The van der Waals surface area contributed by atoms with Crippen LogP contribution in [0.4, 0.5) is 22.7 Å². The zero-order chi connectivity index (χ0) is 29.7. The van der Waals surface area contributed by atoms with Gasteiger partial charge in [-0.15, -0.1) is 0 Å². The molecule has 0 heterocycles. The first-order chi connectivity index (χ1) is 19.1. The van der Waals surface area contributed by atoms with Crippen LogP contribution in [0.15, 0.2) is 36.4 Å². The molecule has 0 amide bonds. The molecule has 0 fully saturated rings. The van der Waals surface area contributed by atoms with Crippen molar-refractivity contribution in [2.45, 2.75) is 0 Å². The number of methoxy groups -OCH3 is 4. The number of anilines is 4. The Morgan fingerprint density at radius 3 is 1.15 bits per heavy atom. The molecule has 0 saturated carbocycles. The Kier molecular flexibility index (Phi) is 12.2. The zero-order valence-corrected chi connectivity index (χ0v) is 22.8. The molecule has 2 aromatic rings. The molecular formula is C26H34N4O10. The van der Waals surface area contributed by atoms with E-state index in [1.807, 2.05) is 0 Å². The Hall–Kier alpha value is -4.88. The number of rotatable bonds is 15. The Morgan fingerprint density at radius 1 is 0.575 bits per heavy atom. The standard InChI is InChI=1S/C26H34N4O10/c1-35-23(31)13-29(14-24(32)36-2)19-7-5-17(27)11-21(19)39-9-10-40-22-12-18(28)6-8-20(22)30(15-25(33)37-3)16-26(34)38-4/h5-8,11-12H,9-10,13-16,27-28H2,1-4H3. The predicted octanol–water partition coefficient (Wildman–Crippen LogP) is 0.614. The highest BCUT2D eigenvalue weighted by molar-refractivity contribution is 5.84. The number of esters is 4. The van der Waals surface area contributed by atoms with Gasteiger partial charge in [0.25, 0.3) is 0 Å². The molecule has 0 saturated heterocycles. The topological polar surface area (TPSA) is 182 Å². The van der Waals surface area contributed by atoms with Crippen molar-refractivity contribution >= 4 is 46.6 Å². The van der Waals surface area contributed by atoms with E-state index in [0.717, 1.165) is 0 Å². The Bertz CT molecular complexity index is 1060. The molecule has 0 radical (unpaired) electrons. The lowest BCUT2D eigenvalue weighted by Crippen LogP contribution is -2.36. The fourth-order valence-electron chi connectivity index (χ4n) is 3.45. The van der Waals surface area contributed by atoms with Gasteiger partial charge in [0.05, 0.1) is 39.8 Å². The number of nitrogen functional groups attached to an aromatic ring is 2. The van der Waals surface area contributed by atoms with Gasteiger partial charge in [-0.1, -0.05) is 0 Å². The van der Waals surface area contributed by atoms with Gasteiger partial charge >= 0.3 is 23.9 Å². The van der Waals surface area contributed by atoms with E-state index in [4.69, 9.17) is 39.9 Å². The average Bonchev–Trinajstić information content (AvgIpc) is 2.94. The van der Waals surface area contributed by atoms with Gasteiger partial charge < -0.3 is 49.7 Å². The minimum Gasteiger partial charge on any atom is -0.488 e.